The van der Waals surface area contributed by atoms with E-state index in [9.17, 15) is 12.8 Å². The summed E-state index contributed by atoms with van der Waals surface area (Å²) in [5, 5.41) is 0. The van der Waals surface area contributed by atoms with Crippen LogP contribution in [0.4, 0.5) is 4.39 Å². The van der Waals surface area contributed by atoms with Gasteiger partial charge in [0.15, 0.2) is 0 Å². The summed E-state index contributed by atoms with van der Waals surface area (Å²) in [6.45, 7) is 0.198. The summed E-state index contributed by atoms with van der Waals surface area (Å²) in [4.78, 5) is 0.0416. The third kappa shape index (κ3) is 4.43. The Morgan fingerprint density at radius 2 is 1.74 bits per heavy atom. The Kier molecular flexibility index (Phi) is 5.57. The number of methoxy groups -OCH3 is 2. The first-order valence-electron chi connectivity index (χ1n) is 6.92. The van der Waals surface area contributed by atoms with Gasteiger partial charge in [-0.05, 0) is 36.2 Å². The van der Waals surface area contributed by atoms with Crippen molar-refractivity contribution in [3.05, 3.63) is 53.8 Å². The van der Waals surface area contributed by atoms with Crippen molar-refractivity contribution in [1.29, 1.82) is 0 Å². The molecular formula is C16H18FNO4S. The Morgan fingerprint density at radius 1 is 1.04 bits per heavy atom. The number of hydrogen-bond donors (Lipinski definition) is 1. The van der Waals surface area contributed by atoms with Crippen molar-refractivity contribution in [3.8, 4) is 11.5 Å². The number of benzene rings is 2. The Morgan fingerprint density at radius 3 is 2.35 bits per heavy atom. The van der Waals surface area contributed by atoms with Gasteiger partial charge in [-0.2, -0.15) is 0 Å². The molecule has 2 aromatic carbocycles. The van der Waals surface area contributed by atoms with Gasteiger partial charge < -0.3 is 9.47 Å². The molecule has 0 aromatic heterocycles. The molecule has 0 aliphatic carbocycles. The van der Waals surface area contributed by atoms with Gasteiger partial charge in [-0.3, -0.25) is 0 Å². The molecular weight excluding hydrogens is 321 g/mol. The number of sulfonamides is 1. The molecule has 0 fully saturated rings. The van der Waals surface area contributed by atoms with Crippen LogP contribution >= 0.6 is 0 Å². The van der Waals surface area contributed by atoms with Crippen LogP contribution in [0.2, 0.25) is 0 Å². The molecule has 0 spiro atoms. The summed E-state index contributed by atoms with van der Waals surface area (Å²) >= 11 is 0. The number of hydrogen-bond acceptors (Lipinski definition) is 4. The second-order valence-corrected chi connectivity index (χ2v) is 6.53. The lowest BCUT2D eigenvalue weighted by atomic mass is 10.1. The number of nitrogens with one attached hydrogen (secondary N) is 1. The molecule has 7 heteroatoms. The van der Waals surface area contributed by atoms with Crippen molar-refractivity contribution in [2.75, 3.05) is 20.8 Å². The maximum Gasteiger partial charge on any atom is 0.244 e. The monoisotopic (exact) mass is 339 g/mol. The van der Waals surface area contributed by atoms with E-state index in [1.807, 2.05) is 0 Å². The second kappa shape index (κ2) is 7.43. The lowest BCUT2D eigenvalue weighted by Gasteiger charge is -2.12. The predicted molar refractivity (Wildman–Crippen MR) is 84.8 cm³/mol. The Hall–Kier alpha value is -2.12. The van der Waals surface area contributed by atoms with E-state index in [2.05, 4.69) is 4.72 Å². The van der Waals surface area contributed by atoms with E-state index in [-0.39, 0.29) is 23.0 Å². The first kappa shape index (κ1) is 17.2. The predicted octanol–water partition coefficient (Wildman–Crippen LogP) is 2.36. The van der Waals surface area contributed by atoms with E-state index >= 15 is 0 Å². The van der Waals surface area contributed by atoms with E-state index in [1.165, 1.54) is 38.5 Å². The summed E-state index contributed by atoms with van der Waals surface area (Å²) in [6.07, 6.45) is 0.456. The Labute approximate surface area is 135 Å². The van der Waals surface area contributed by atoms with Crippen LogP contribution in [0.1, 0.15) is 5.56 Å². The van der Waals surface area contributed by atoms with Gasteiger partial charge in [0.05, 0.1) is 14.2 Å². The van der Waals surface area contributed by atoms with Crippen LogP contribution in [-0.4, -0.2) is 29.2 Å². The fourth-order valence-corrected chi connectivity index (χ4v) is 3.24. The quantitative estimate of drug-likeness (QED) is 0.841. The molecule has 0 atom stereocenters. The third-order valence-electron chi connectivity index (χ3n) is 3.28. The normalized spacial score (nSPS) is 11.3. The second-order valence-electron chi connectivity index (χ2n) is 4.79. The van der Waals surface area contributed by atoms with Gasteiger partial charge in [0.2, 0.25) is 10.0 Å². The molecule has 0 saturated carbocycles. The minimum absolute atomic E-state index is 0.0416. The van der Waals surface area contributed by atoms with Crippen LogP contribution in [0.3, 0.4) is 0 Å². The van der Waals surface area contributed by atoms with Gasteiger partial charge in [-0.25, -0.2) is 17.5 Å². The van der Waals surface area contributed by atoms with Crippen molar-refractivity contribution in [2.45, 2.75) is 11.3 Å². The largest absolute Gasteiger partial charge is 0.497 e. The van der Waals surface area contributed by atoms with Gasteiger partial charge in [-0.15, -0.1) is 0 Å². The van der Waals surface area contributed by atoms with Crippen LogP contribution < -0.4 is 14.2 Å². The van der Waals surface area contributed by atoms with Crippen LogP contribution in [0.25, 0.3) is 0 Å². The molecule has 0 aliphatic heterocycles. The van der Waals surface area contributed by atoms with Gasteiger partial charge in [0.1, 0.15) is 22.2 Å². The van der Waals surface area contributed by atoms with Crippen molar-refractivity contribution in [3.63, 3.8) is 0 Å². The molecule has 0 saturated heterocycles. The van der Waals surface area contributed by atoms with E-state index in [4.69, 9.17) is 9.47 Å². The fourth-order valence-electron chi connectivity index (χ4n) is 2.06. The molecule has 124 valence electrons. The van der Waals surface area contributed by atoms with Crippen molar-refractivity contribution in [2.24, 2.45) is 0 Å². The molecule has 0 radical (unpaired) electrons. The van der Waals surface area contributed by atoms with Gasteiger partial charge in [0.25, 0.3) is 0 Å². The van der Waals surface area contributed by atoms with Gasteiger partial charge in [-0.1, -0.05) is 12.1 Å². The first-order chi connectivity index (χ1) is 11.0. The zero-order valence-electron chi connectivity index (χ0n) is 12.9. The zero-order valence-corrected chi connectivity index (χ0v) is 13.7. The maximum atomic E-state index is 12.8. The van der Waals surface area contributed by atoms with Crippen molar-refractivity contribution >= 4 is 10.0 Å². The molecule has 0 bridgehead atoms. The Bertz CT molecular complexity index is 760. The average molecular weight is 339 g/mol. The first-order valence-corrected chi connectivity index (χ1v) is 8.40. The minimum Gasteiger partial charge on any atom is -0.497 e. The molecule has 0 amide bonds. The highest BCUT2D eigenvalue weighted by atomic mass is 32.2. The Balaban J connectivity index is 2.08. The highest BCUT2D eigenvalue weighted by molar-refractivity contribution is 7.89. The van der Waals surface area contributed by atoms with Crippen LogP contribution in [0, 0.1) is 5.82 Å². The molecule has 0 heterocycles. The van der Waals surface area contributed by atoms with Gasteiger partial charge in [0, 0.05) is 12.6 Å². The topological polar surface area (TPSA) is 64.6 Å². The summed E-state index contributed by atoms with van der Waals surface area (Å²) in [5.41, 5.74) is 0.843. The van der Waals surface area contributed by atoms with Crippen LogP contribution in [0.15, 0.2) is 47.4 Å². The lowest BCUT2D eigenvalue weighted by molar-refractivity contribution is 0.386. The summed E-state index contributed by atoms with van der Waals surface area (Å²) in [6, 6.07) is 10.4. The van der Waals surface area contributed by atoms with E-state index in [0.29, 0.717) is 12.2 Å². The van der Waals surface area contributed by atoms with Crippen LogP contribution in [0.5, 0.6) is 11.5 Å². The highest BCUT2D eigenvalue weighted by Gasteiger charge is 2.19. The molecule has 2 aromatic rings. The third-order valence-corrected chi connectivity index (χ3v) is 4.78. The summed E-state index contributed by atoms with van der Waals surface area (Å²) in [7, 11) is -0.826. The molecule has 23 heavy (non-hydrogen) atoms. The van der Waals surface area contributed by atoms with Crippen LogP contribution in [-0.2, 0) is 16.4 Å². The average Bonchev–Trinajstić information content (AvgIpc) is 2.55. The van der Waals surface area contributed by atoms with Gasteiger partial charge >= 0.3 is 0 Å². The minimum atomic E-state index is -3.71. The molecule has 0 aliphatic rings. The molecule has 2 rings (SSSR count). The highest BCUT2D eigenvalue weighted by Crippen LogP contribution is 2.28. The SMILES string of the molecule is COc1ccc(S(=O)(=O)NCCc2ccc(F)cc2)c(OC)c1. The van der Waals surface area contributed by atoms with E-state index in [1.54, 1.807) is 18.2 Å². The standard InChI is InChI=1S/C16H18FNO4S/c1-21-14-7-8-16(15(11-14)22-2)23(19,20)18-10-9-12-3-5-13(17)6-4-12/h3-8,11,18H,9-10H2,1-2H3. The molecule has 1 N–H and O–H groups in total. The number of ether oxygens (including phenoxy) is 2. The van der Waals surface area contributed by atoms with Crippen molar-refractivity contribution < 1.29 is 22.3 Å². The van der Waals surface area contributed by atoms with E-state index < -0.39 is 10.0 Å². The number of rotatable bonds is 7. The maximum absolute atomic E-state index is 12.8. The van der Waals surface area contributed by atoms with Crippen molar-refractivity contribution in [1.82, 2.24) is 4.72 Å². The summed E-state index contributed by atoms with van der Waals surface area (Å²) in [5.74, 6) is 0.392. The zero-order chi connectivity index (χ0) is 16.9. The number of halogens is 1. The lowest BCUT2D eigenvalue weighted by Crippen LogP contribution is -2.26. The smallest absolute Gasteiger partial charge is 0.244 e. The molecule has 0 unspecified atom stereocenters. The fraction of sp³-hybridized carbons (Fsp3) is 0.250. The summed E-state index contributed by atoms with van der Waals surface area (Å²) < 4.78 is 50.2. The van der Waals surface area contributed by atoms with E-state index in [0.717, 1.165) is 5.56 Å². The molecule has 5 nitrogen and oxygen atoms in total.